The van der Waals surface area contributed by atoms with Gasteiger partial charge >= 0.3 is 17.7 Å². The van der Waals surface area contributed by atoms with Crippen molar-refractivity contribution in [1.29, 1.82) is 0 Å². The summed E-state index contributed by atoms with van der Waals surface area (Å²) in [6.45, 7) is 4.77. The molecule has 136 valence electrons. The lowest BCUT2D eigenvalue weighted by molar-refractivity contribution is -0.386. The summed E-state index contributed by atoms with van der Waals surface area (Å²) in [7, 11) is 1.15. The van der Waals surface area contributed by atoms with Crippen LogP contribution in [0, 0.1) is 10.1 Å². The zero-order valence-corrected chi connectivity index (χ0v) is 14.2. The average Bonchev–Trinajstić information content (AvgIpc) is 2.53. The Morgan fingerprint density at radius 3 is 2.36 bits per heavy atom. The van der Waals surface area contributed by atoms with E-state index in [-0.39, 0.29) is 17.4 Å². The first-order valence-electron chi connectivity index (χ1n) is 7.30. The van der Waals surface area contributed by atoms with Gasteiger partial charge in [-0.1, -0.05) is 0 Å². The van der Waals surface area contributed by atoms with E-state index in [0.29, 0.717) is 0 Å². The van der Waals surface area contributed by atoms with Crippen LogP contribution in [0.25, 0.3) is 0 Å². The second-order valence-electron chi connectivity index (χ2n) is 5.31. The number of nitro groups is 1. The minimum Gasteiger partial charge on any atom is -0.474 e. The van der Waals surface area contributed by atoms with Gasteiger partial charge in [0.15, 0.2) is 11.9 Å². The molecule has 0 aliphatic rings. The van der Waals surface area contributed by atoms with Crippen LogP contribution in [0.5, 0.6) is 5.75 Å². The molecule has 0 spiro atoms. The largest absolute Gasteiger partial charge is 0.474 e. The summed E-state index contributed by atoms with van der Waals surface area (Å²) in [5, 5.41) is 15.7. The molecule has 2 N–H and O–H groups in total. The van der Waals surface area contributed by atoms with E-state index in [0.717, 1.165) is 13.2 Å². The molecule has 25 heavy (non-hydrogen) atoms. The smallest absolute Gasteiger partial charge is 0.338 e. The lowest BCUT2D eigenvalue weighted by Gasteiger charge is -2.15. The van der Waals surface area contributed by atoms with E-state index in [4.69, 9.17) is 4.74 Å². The number of esters is 1. The van der Waals surface area contributed by atoms with Crippen LogP contribution in [-0.4, -0.2) is 42.1 Å². The van der Waals surface area contributed by atoms with Crippen molar-refractivity contribution in [1.82, 2.24) is 10.6 Å². The Hall–Kier alpha value is -3.17. The van der Waals surface area contributed by atoms with Crippen LogP contribution in [0.2, 0.25) is 0 Å². The summed E-state index contributed by atoms with van der Waals surface area (Å²) in [6.07, 6.45) is -1.18. The molecule has 0 radical (unpaired) electrons. The number of ether oxygens (including phenoxy) is 2. The van der Waals surface area contributed by atoms with Crippen molar-refractivity contribution in [3.8, 4) is 5.75 Å². The molecular weight excluding hydrogens is 334 g/mol. The average molecular weight is 353 g/mol. The van der Waals surface area contributed by atoms with Gasteiger partial charge < -0.3 is 14.8 Å². The third-order valence-electron chi connectivity index (χ3n) is 2.91. The van der Waals surface area contributed by atoms with E-state index in [2.05, 4.69) is 15.4 Å². The highest BCUT2D eigenvalue weighted by Gasteiger charge is 2.24. The van der Waals surface area contributed by atoms with Gasteiger partial charge in [0.2, 0.25) is 0 Å². The number of carbonyl (C=O) groups excluding carboxylic acids is 3. The maximum atomic E-state index is 11.9. The SMILES string of the molecule is COC(=O)c1ccc(O[C@@H](C)C(=O)NC(=O)NC(C)C)c([N+](=O)[O-])c1. The normalized spacial score (nSPS) is 11.4. The van der Waals surface area contributed by atoms with Crippen LogP contribution < -0.4 is 15.4 Å². The zero-order valence-electron chi connectivity index (χ0n) is 14.2. The van der Waals surface area contributed by atoms with Gasteiger partial charge in [0.25, 0.3) is 5.91 Å². The highest BCUT2D eigenvalue weighted by Crippen LogP contribution is 2.29. The maximum Gasteiger partial charge on any atom is 0.338 e. The highest BCUT2D eigenvalue weighted by molar-refractivity contribution is 5.96. The summed E-state index contributed by atoms with van der Waals surface area (Å²) in [6, 6.07) is 2.56. The molecule has 10 heteroatoms. The van der Waals surface area contributed by atoms with Crippen molar-refractivity contribution in [2.24, 2.45) is 0 Å². The Bertz CT molecular complexity index is 688. The van der Waals surface area contributed by atoms with Gasteiger partial charge in [-0.2, -0.15) is 0 Å². The summed E-state index contributed by atoms with van der Waals surface area (Å²) in [4.78, 5) is 45.2. The third kappa shape index (κ3) is 5.75. The monoisotopic (exact) mass is 353 g/mol. The van der Waals surface area contributed by atoms with E-state index >= 15 is 0 Å². The number of carbonyl (C=O) groups is 3. The van der Waals surface area contributed by atoms with E-state index in [1.165, 1.54) is 19.1 Å². The number of hydrogen-bond acceptors (Lipinski definition) is 7. The first kappa shape index (κ1) is 19.9. The Labute approximate surface area is 143 Å². The molecular formula is C15H19N3O7. The summed E-state index contributed by atoms with van der Waals surface area (Å²) in [5.41, 5.74) is -0.538. The number of nitro benzene ring substituents is 1. The van der Waals surface area contributed by atoms with Gasteiger partial charge in [0.05, 0.1) is 17.6 Å². The second-order valence-corrected chi connectivity index (χ2v) is 5.31. The van der Waals surface area contributed by atoms with Crippen molar-refractivity contribution in [3.05, 3.63) is 33.9 Å². The molecule has 10 nitrogen and oxygen atoms in total. The molecule has 0 aliphatic heterocycles. The fourth-order valence-corrected chi connectivity index (χ4v) is 1.76. The van der Waals surface area contributed by atoms with Gasteiger partial charge in [-0.25, -0.2) is 9.59 Å². The molecule has 0 saturated heterocycles. The van der Waals surface area contributed by atoms with E-state index in [1.807, 2.05) is 0 Å². The maximum absolute atomic E-state index is 11.9. The molecule has 0 aromatic heterocycles. The van der Waals surface area contributed by atoms with Crippen molar-refractivity contribution in [2.45, 2.75) is 32.9 Å². The summed E-state index contributed by atoms with van der Waals surface area (Å²) < 4.78 is 9.75. The Morgan fingerprint density at radius 1 is 1.20 bits per heavy atom. The quantitative estimate of drug-likeness (QED) is 0.448. The van der Waals surface area contributed by atoms with Crippen molar-refractivity contribution in [3.63, 3.8) is 0 Å². The van der Waals surface area contributed by atoms with Gasteiger partial charge in [-0.05, 0) is 32.9 Å². The van der Waals surface area contributed by atoms with Crippen LogP contribution in [-0.2, 0) is 9.53 Å². The zero-order chi connectivity index (χ0) is 19.1. The van der Waals surface area contributed by atoms with E-state index < -0.39 is 34.6 Å². The number of methoxy groups -OCH3 is 1. The molecule has 1 rings (SSSR count). The van der Waals surface area contributed by atoms with Crippen LogP contribution in [0.4, 0.5) is 10.5 Å². The molecule has 3 amide bonds. The van der Waals surface area contributed by atoms with E-state index in [9.17, 15) is 24.5 Å². The number of nitrogens with one attached hydrogen (secondary N) is 2. The molecule has 0 aliphatic carbocycles. The standard InChI is InChI=1S/C15H19N3O7/c1-8(2)16-15(21)17-13(19)9(3)25-12-6-5-10(14(20)24-4)7-11(12)18(22)23/h5-9H,1-4H3,(H2,16,17,19,21)/t9-/m0/s1. The summed E-state index contributed by atoms with van der Waals surface area (Å²) in [5.74, 6) is -1.74. The minimum atomic E-state index is -1.18. The number of nitrogens with zero attached hydrogens (tertiary/aromatic N) is 1. The van der Waals surface area contributed by atoms with Crippen molar-refractivity contribution < 1.29 is 28.8 Å². The molecule has 0 unspecified atom stereocenters. The predicted octanol–water partition coefficient (Wildman–Crippen LogP) is 1.38. The molecule has 0 bridgehead atoms. The van der Waals surface area contributed by atoms with Gasteiger partial charge in [0, 0.05) is 12.1 Å². The molecule has 1 aromatic carbocycles. The third-order valence-corrected chi connectivity index (χ3v) is 2.91. The molecule has 1 atom stereocenters. The number of amides is 3. The van der Waals surface area contributed by atoms with Crippen molar-refractivity contribution >= 4 is 23.6 Å². The predicted molar refractivity (Wildman–Crippen MR) is 86.3 cm³/mol. The lowest BCUT2D eigenvalue weighted by atomic mass is 10.2. The van der Waals surface area contributed by atoms with Gasteiger partial charge in [-0.15, -0.1) is 0 Å². The first-order chi connectivity index (χ1) is 11.6. The first-order valence-corrected chi connectivity index (χ1v) is 7.30. The minimum absolute atomic E-state index is 0.0324. The Balaban J connectivity index is 2.90. The van der Waals surface area contributed by atoms with Gasteiger partial charge in [0.1, 0.15) is 0 Å². The Kier molecular flexibility index (Phi) is 6.85. The number of imide groups is 1. The van der Waals surface area contributed by atoms with Gasteiger partial charge in [-0.3, -0.25) is 20.2 Å². The Morgan fingerprint density at radius 2 is 1.84 bits per heavy atom. The number of hydrogen-bond donors (Lipinski definition) is 2. The second kappa shape index (κ2) is 8.62. The molecule has 1 aromatic rings. The van der Waals surface area contributed by atoms with Crippen LogP contribution in [0.3, 0.4) is 0 Å². The fourth-order valence-electron chi connectivity index (χ4n) is 1.76. The van der Waals surface area contributed by atoms with E-state index in [1.54, 1.807) is 13.8 Å². The fraction of sp³-hybridized carbons (Fsp3) is 0.400. The van der Waals surface area contributed by atoms with Crippen LogP contribution in [0.1, 0.15) is 31.1 Å². The molecule has 0 saturated carbocycles. The number of benzene rings is 1. The van der Waals surface area contributed by atoms with Crippen molar-refractivity contribution in [2.75, 3.05) is 7.11 Å². The number of rotatable bonds is 6. The van der Waals surface area contributed by atoms with Crippen LogP contribution >= 0.6 is 0 Å². The highest BCUT2D eigenvalue weighted by atomic mass is 16.6. The summed E-state index contributed by atoms with van der Waals surface area (Å²) >= 11 is 0. The van der Waals surface area contributed by atoms with Crippen LogP contribution in [0.15, 0.2) is 18.2 Å². The topological polar surface area (TPSA) is 137 Å². The number of urea groups is 1. The lowest BCUT2D eigenvalue weighted by Crippen LogP contribution is -2.47. The molecule has 0 heterocycles. The molecule has 0 fully saturated rings.